The van der Waals surface area contributed by atoms with Crippen molar-refractivity contribution < 1.29 is 10.1 Å². The summed E-state index contributed by atoms with van der Waals surface area (Å²) in [6, 6.07) is 28.6. The topological polar surface area (TPSA) is 45.7 Å². The van der Waals surface area contributed by atoms with Gasteiger partial charge in [0, 0.05) is 16.8 Å². The highest BCUT2D eigenvalue weighted by Gasteiger charge is 2.25. The van der Waals surface area contributed by atoms with Crippen LogP contribution in [0.5, 0.6) is 0 Å². The summed E-state index contributed by atoms with van der Waals surface area (Å²) in [6.07, 6.45) is 0. The highest BCUT2D eigenvalue weighted by molar-refractivity contribution is 5.94. The SMILES string of the molecule is CC(C)c1ccccc1NC(=O)[C@@H](C)[NH2+]C(c1ccccc1)c1ccccc1. The second-order valence-corrected chi connectivity index (χ2v) is 7.51. The zero-order valence-electron chi connectivity index (χ0n) is 16.8. The molecule has 0 aromatic heterocycles. The van der Waals surface area contributed by atoms with Crippen molar-refractivity contribution in [3.8, 4) is 0 Å². The van der Waals surface area contributed by atoms with E-state index >= 15 is 0 Å². The summed E-state index contributed by atoms with van der Waals surface area (Å²) in [5, 5.41) is 5.27. The largest absolute Gasteiger partial charge is 0.326 e. The zero-order chi connectivity index (χ0) is 19.9. The number of nitrogens with two attached hydrogens (primary N) is 1. The van der Waals surface area contributed by atoms with Crippen molar-refractivity contribution in [3.05, 3.63) is 102 Å². The maximum atomic E-state index is 12.9. The number of carbonyl (C=O) groups excluding carboxylic acids is 1. The molecule has 144 valence electrons. The van der Waals surface area contributed by atoms with Gasteiger partial charge in [-0.05, 0) is 24.5 Å². The second kappa shape index (κ2) is 9.34. The molecule has 0 unspecified atom stereocenters. The van der Waals surface area contributed by atoms with Crippen LogP contribution in [-0.2, 0) is 4.79 Å². The maximum absolute atomic E-state index is 12.9. The standard InChI is InChI=1S/C25H28N2O/c1-18(2)22-16-10-11-17-23(22)27-25(28)19(3)26-24(20-12-6-4-7-13-20)21-14-8-5-9-15-21/h4-19,24,26H,1-3H3,(H,27,28)/p+1/t19-/m1/s1. The van der Waals surface area contributed by atoms with Gasteiger partial charge < -0.3 is 10.6 Å². The average Bonchev–Trinajstić information content (AvgIpc) is 2.73. The molecule has 0 bridgehead atoms. The van der Waals surface area contributed by atoms with Gasteiger partial charge in [0.1, 0.15) is 6.04 Å². The smallest absolute Gasteiger partial charge is 0.282 e. The molecule has 0 fully saturated rings. The zero-order valence-corrected chi connectivity index (χ0v) is 16.8. The van der Waals surface area contributed by atoms with Crippen molar-refractivity contribution in [3.63, 3.8) is 0 Å². The van der Waals surface area contributed by atoms with Gasteiger partial charge in [-0.2, -0.15) is 0 Å². The lowest BCUT2D eigenvalue weighted by molar-refractivity contribution is -0.704. The van der Waals surface area contributed by atoms with E-state index in [1.165, 1.54) is 11.1 Å². The Bertz CT molecular complexity index is 851. The summed E-state index contributed by atoms with van der Waals surface area (Å²) in [7, 11) is 0. The Hall–Kier alpha value is -2.91. The highest BCUT2D eigenvalue weighted by Crippen LogP contribution is 2.24. The lowest BCUT2D eigenvalue weighted by atomic mass is 9.97. The third-order valence-electron chi connectivity index (χ3n) is 5.05. The molecule has 28 heavy (non-hydrogen) atoms. The van der Waals surface area contributed by atoms with Crippen LogP contribution < -0.4 is 10.6 Å². The van der Waals surface area contributed by atoms with E-state index in [1.54, 1.807) is 0 Å². The molecule has 3 aromatic rings. The Labute approximate surface area is 167 Å². The van der Waals surface area contributed by atoms with Gasteiger partial charge in [-0.1, -0.05) is 92.7 Å². The molecule has 1 amide bonds. The maximum Gasteiger partial charge on any atom is 0.282 e. The Morgan fingerprint density at radius 2 is 1.25 bits per heavy atom. The van der Waals surface area contributed by atoms with Gasteiger partial charge in [-0.25, -0.2) is 0 Å². The molecule has 0 aliphatic rings. The summed E-state index contributed by atoms with van der Waals surface area (Å²) in [5.74, 6) is 0.377. The first kappa shape index (κ1) is 19.8. The molecule has 0 saturated heterocycles. The Kier molecular flexibility index (Phi) is 6.62. The molecular formula is C25H29N2O+. The molecule has 3 aromatic carbocycles. The number of rotatable bonds is 7. The number of benzene rings is 3. The van der Waals surface area contributed by atoms with Crippen molar-refractivity contribution in [2.24, 2.45) is 0 Å². The number of nitrogens with one attached hydrogen (secondary N) is 1. The molecule has 0 heterocycles. The molecule has 0 saturated carbocycles. The fourth-order valence-corrected chi connectivity index (χ4v) is 3.47. The van der Waals surface area contributed by atoms with E-state index in [-0.39, 0.29) is 18.0 Å². The highest BCUT2D eigenvalue weighted by atomic mass is 16.2. The number of amides is 1. The van der Waals surface area contributed by atoms with Gasteiger partial charge in [0.2, 0.25) is 0 Å². The predicted octanol–water partition coefficient (Wildman–Crippen LogP) is 4.49. The Morgan fingerprint density at radius 3 is 1.79 bits per heavy atom. The second-order valence-electron chi connectivity index (χ2n) is 7.51. The summed E-state index contributed by atoms with van der Waals surface area (Å²) in [6.45, 7) is 6.25. The summed E-state index contributed by atoms with van der Waals surface area (Å²) in [4.78, 5) is 12.9. The van der Waals surface area contributed by atoms with Crippen LogP contribution in [0.25, 0.3) is 0 Å². The van der Waals surface area contributed by atoms with Crippen LogP contribution in [-0.4, -0.2) is 11.9 Å². The van der Waals surface area contributed by atoms with Crippen LogP contribution in [0.1, 0.15) is 49.4 Å². The van der Waals surface area contributed by atoms with Gasteiger partial charge >= 0.3 is 0 Å². The molecule has 3 nitrogen and oxygen atoms in total. The molecular weight excluding hydrogens is 344 g/mol. The molecule has 0 radical (unpaired) electrons. The molecule has 0 aliphatic carbocycles. The van der Waals surface area contributed by atoms with Crippen molar-refractivity contribution in [1.82, 2.24) is 0 Å². The number of carbonyl (C=O) groups is 1. The van der Waals surface area contributed by atoms with Gasteiger partial charge in [0.05, 0.1) is 0 Å². The molecule has 0 spiro atoms. The van der Waals surface area contributed by atoms with E-state index in [0.29, 0.717) is 5.92 Å². The van der Waals surface area contributed by atoms with Crippen molar-refractivity contribution in [1.29, 1.82) is 0 Å². The molecule has 1 atom stereocenters. The number of hydrogen-bond acceptors (Lipinski definition) is 1. The van der Waals surface area contributed by atoms with Crippen LogP contribution in [0.15, 0.2) is 84.9 Å². The predicted molar refractivity (Wildman–Crippen MR) is 115 cm³/mol. The van der Waals surface area contributed by atoms with E-state index in [4.69, 9.17) is 0 Å². The van der Waals surface area contributed by atoms with Gasteiger partial charge in [0.15, 0.2) is 6.04 Å². The van der Waals surface area contributed by atoms with Gasteiger partial charge in [-0.15, -0.1) is 0 Å². The monoisotopic (exact) mass is 373 g/mol. The third kappa shape index (κ3) is 4.87. The quantitative estimate of drug-likeness (QED) is 0.630. The molecule has 0 aliphatic heterocycles. The van der Waals surface area contributed by atoms with E-state index in [1.807, 2.05) is 61.5 Å². The fraction of sp³-hybridized carbons (Fsp3) is 0.240. The Morgan fingerprint density at radius 1 is 0.750 bits per heavy atom. The normalized spacial score (nSPS) is 12.2. The van der Waals surface area contributed by atoms with E-state index in [9.17, 15) is 4.79 Å². The number of quaternary nitrogens is 1. The van der Waals surface area contributed by atoms with Crippen molar-refractivity contribution in [2.45, 2.75) is 38.8 Å². The first-order chi connectivity index (χ1) is 13.6. The lowest BCUT2D eigenvalue weighted by Crippen LogP contribution is -2.92. The summed E-state index contributed by atoms with van der Waals surface area (Å²) >= 11 is 0. The summed E-state index contributed by atoms with van der Waals surface area (Å²) < 4.78 is 0. The van der Waals surface area contributed by atoms with Crippen LogP contribution in [0.3, 0.4) is 0 Å². The third-order valence-corrected chi connectivity index (χ3v) is 5.05. The minimum atomic E-state index is -0.231. The number of hydrogen-bond donors (Lipinski definition) is 2. The fourth-order valence-electron chi connectivity index (χ4n) is 3.47. The first-order valence-corrected chi connectivity index (χ1v) is 9.91. The van der Waals surface area contributed by atoms with Crippen LogP contribution in [0, 0.1) is 0 Å². The van der Waals surface area contributed by atoms with Crippen LogP contribution >= 0.6 is 0 Å². The Balaban J connectivity index is 1.79. The number of anilines is 1. The first-order valence-electron chi connectivity index (χ1n) is 9.91. The minimum absolute atomic E-state index is 0.0185. The molecule has 3 rings (SSSR count). The minimum Gasteiger partial charge on any atom is -0.326 e. The van der Waals surface area contributed by atoms with Gasteiger partial charge in [-0.3, -0.25) is 4.79 Å². The van der Waals surface area contributed by atoms with Crippen LogP contribution in [0.4, 0.5) is 5.69 Å². The summed E-state index contributed by atoms with van der Waals surface area (Å²) in [5.41, 5.74) is 4.44. The van der Waals surface area contributed by atoms with Crippen molar-refractivity contribution in [2.75, 3.05) is 5.32 Å². The average molecular weight is 374 g/mol. The van der Waals surface area contributed by atoms with Crippen LogP contribution in [0.2, 0.25) is 0 Å². The van der Waals surface area contributed by atoms with Crippen molar-refractivity contribution >= 4 is 11.6 Å². The molecule has 3 N–H and O–H groups in total. The van der Waals surface area contributed by atoms with E-state index < -0.39 is 0 Å². The number of para-hydroxylation sites is 1. The van der Waals surface area contributed by atoms with E-state index in [0.717, 1.165) is 11.3 Å². The van der Waals surface area contributed by atoms with Gasteiger partial charge in [0.25, 0.3) is 5.91 Å². The molecule has 3 heteroatoms. The van der Waals surface area contributed by atoms with E-state index in [2.05, 4.69) is 54.8 Å². The lowest BCUT2D eigenvalue weighted by Gasteiger charge is -2.21.